The number of hydrogen-bond acceptors (Lipinski definition) is 4. The smallest absolute Gasteiger partial charge is 0.280 e. The number of benzene rings is 1. The average Bonchev–Trinajstić information content (AvgIpc) is 2.97. The maximum atomic E-state index is 12.1. The fourth-order valence-electron chi connectivity index (χ4n) is 1.98. The molecule has 1 saturated heterocycles. The minimum Gasteiger partial charge on any atom is -0.490 e. The molecule has 1 heterocycles. The van der Waals surface area contributed by atoms with Crippen molar-refractivity contribution in [1.82, 2.24) is 5.06 Å². The third-order valence-corrected chi connectivity index (χ3v) is 3.13. The molecule has 19 heavy (non-hydrogen) atoms. The van der Waals surface area contributed by atoms with Crippen LogP contribution in [-0.4, -0.2) is 44.4 Å². The summed E-state index contributed by atoms with van der Waals surface area (Å²) in [4.78, 5) is 17.0. The van der Waals surface area contributed by atoms with Crippen molar-refractivity contribution >= 4 is 5.91 Å². The molecule has 1 unspecified atom stereocenters. The fourth-order valence-corrected chi connectivity index (χ4v) is 1.98. The van der Waals surface area contributed by atoms with E-state index in [1.54, 1.807) is 25.2 Å². The van der Waals surface area contributed by atoms with Crippen LogP contribution in [0.3, 0.4) is 0 Å². The molecule has 1 amide bonds. The monoisotopic (exact) mass is 265 g/mol. The zero-order valence-electron chi connectivity index (χ0n) is 11.3. The lowest BCUT2D eigenvalue weighted by Crippen LogP contribution is -2.26. The van der Waals surface area contributed by atoms with Crippen LogP contribution in [0, 0.1) is 0 Å². The summed E-state index contributed by atoms with van der Waals surface area (Å²) in [6.45, 7) is 1.27. The van der Waals surface area contributed by atoms with Crippen molar-refractivity contribution in [1.29, 1.82) is 0 Å². The number of ether oxygens (including phenoxy) is 2. The highest BCUT2D eigenvalue weighted by Crippen LogP contribution is 2.21. The van der Waals surface area contributed by atoms with Gasteiger partial charge < -0.3 is 9.47 Å². The Kier molecular flexibility index (Phi) is 4.76. The highest BCUT2D eigenvalue weighted by Gasteiger charge is 2.19. The molecular weight excluding hydrogens is 246 g/mol. The van der Waals surface area contributed by atoms with Gasteiger partial charge in [0, 0.05) is 13.7 Å². The van der Waals surface area contributed by atoms with Gasteiger partial charge in [0.05, 0.1) is 18.8 Å². The van der Waals surface area contributed by atoms with Crippen LogP contribution >= 0.6 is 0 Å². The summed E-state index contributed by atoms with van der Waals surface area (Å²) in [6.07, 6.45) is 2.21. The van der Waals surface area contributed by atoms with Crippen molar-refractivity contribution in [2.45, 2.75) is 18.9 Å². The molecule has 0 radical (unpaired) electrons. The van der Waals surface area contributed by atoms with Crippen LogP contribution < -0.4 is 4.74 Å². The Morgan fingerprint density at radius 2 is 2.26 bits per heavy atom. The van der Waals surface area contributed by atoms with Gasteiger partial charge in [0.25, 0.3) is 5.91 Å². The van der Waals surface area contributed by atoms with Crippen molar-refractivity contribution in [2.24, 2.45) is 0 Å². The second kappa shape index (κ2) is 6.54. The molecule has 5 heteroatoms. The largest absolute Gasteiger partial charge is 0.490 e. The maximum absolute atomic E-state index is 12.1. The van der Waals surface area contributed by atoms with Gasteiger partial charge in [-0.05, 0) is 25.0 Å². The minimum atomic E-state index is -0.231. The number of carbonyl (C=O) groups is 1. The van der Waals surface area contributed by atoms with Crippen molar-refractivity contribution in [2.75, 3.05) is 27.4 Å². The number of hydroxylamine groups is 2. The van der Waals surface area contributed by atoms with Crippen LogP contribution in [0.25, 0.3) is 0 Å². The van der Waals surface area contributed by atoms with Crippen LogP contribution in [0.15, 0.2) is 24.3 Å². The predicted octanol–water partition coefficient (Wildman–Crippen LogP) is 1.88. The lowest BCUT2D eigenvalue weighted by molar-refractivity contribution is -0.0759. The molecule has 0 aromatic heterocycles. The zero-order valence-corrected chi connectivity index (χ0v) is 11.3. The normalized spacial score (nSPS) is 18.3. The molecule has 5 nitrogen and oxygen atoms in total. The number of nitrogens with zero attached hydrogens (tertiary/aromatic N) is 1. The third kappa shape index (κ3) is 3.45. The summed E-state index contributed by atoms with van der Waals surface area (Å²) >= 11 is 0. The highest BCUT2D eigenvalue weighted by molar-refractivity contribution is 5.96. The Hall–Kier alpha value is -1.59. The fraction of sp³-hybridized carbons (Fsp3) is 0.500. The number of hydrogen-bond donors (Lipinski definition) is 0. The molecule has 1 fully saturated rings. The summed E-state index contributed by atoms with van der Waals surface area (Å²) in [6, 6.07) is 7.15. The summed E-state index contributed by atoms with van der Waals surface area (Å²) in [5, 5.41) is 1.17. The molecule has 2 rings (SSSR count). The van der Waals surface area contributed by atoms with E-state index in [1.807, 2.05) is 6.07 Å². The van der Waals surface area contributed by atoms with Gasteiger partial charge in [0.15, 0.2) is 0 Å². The van der Waals surface area contributed by atoms with Crippen molar-refractivity contribution in [3.05, 3.63) is 29.8 Å². The van der Waals surface area contributed by atoms with Crippen LogP contribution in [0.5, 0.6) is 5.75 Å². The molecular formula is C14H19NO4. The SMILES string of the molecule is CON(C)C(=O)c1ccccc1OCC1CCCO1. The van der Waals surface area contributed by atoms with Crippen molar-refractivity contribution in [3.63, 3.8) is 0 Å². The highest BCUT2D eigenvalue weighted by atomic mass is 16.7. The van der Waals surface area contributed by atoms with Gasteiger partial charge in [-0.1, -0.05) is 12.1 Å². The minimum absolute atomic E-state index is 0.128. The molecule has 104 valence electrons. The number of carbonyl (C=O) groups excluding carboxylic acids is 1. The Morgan fingerprint density at radius 1 is 1.47 bits per heavy atom. The summed E-state index contributed by atoms with van der Waals surface area (Å²) < 4.78 is 11.2. The second-order valence-electron chi connectivity index (χ2n) is 4.43. The first kappa shape index (κ1) is 13.8. The van der Waals surface area contributed by atoms with E-state index >= 15 is 0 Å². The topological polar surface area (TPSA) is 48.0 Å². The lowest BCUT2D eigenvalue weighted by Gasteiger charge is -2.17. The third-order valence-electron chi connectivity index (χ3n) is 3.13. The van der Waals surface area contributed by atoms with E-state index in [0.717, 1.165) is 19.4 Å². The molecule has 0 N–H and O–H groups in total. The number of amides is 1. The van der Waals surface area contributed by atoms with Gasteiger partial charge >= 0.3 is 0 Å². The second-order valence-corrected chi connectivity index (χ2v) is 4.43. The van der Waals surface area contributed by atoms with Gasteiger partial charge in [-0.3, -0.25) is 9.63 Å². The molecule has 1 aliphatic rings. The molecule has 0 aliphatic carbocycles. The van der Waals surface area contributed by atoms with E-state index in [1.165, 1.54) is 12.2 Å². The molecule has 0 spiro atoms. The number of para-hydroxylation sites is 1. The Balaban J connectivity index is 2.05. The molecule has 1 aliphatic heterocycles. The average molecular weight is 265 g/mol. The number of rotatable bonds is 5. The van der Waals surface area contributed by atoms with Crippen LogP contribution in [0.4, 0.5) is 0 Å². The van der Waals surface area contributed by atoms with E-state index in [0.29, 0.717) is 17.9 Å². The van der Waals surface area contributed by atoms with Crippen LogP contribution in [0.2, 0.25) is 0 Å². The predicted molar refractivity (Wildman–Crippen MR) is 70.0 cm³/mol. The first-order valence-corrected chi connectivity index (χ1v) is 6.38. The van der Waals surface area contributed by atoms with Crippen LogP contribution in [-0.2, 0) is 9.57 Å². The Morgan fingerprint density at radius 3 is 2.95 bits per heavy atom. The van der Waals surface area contributed by atoms with E-state index < -0.39 is 0 Å². The Labute approximate surface area is 113 Å². The maximum Gasteiger partial charge on any atom is 0.280 e. The van der Waals surface area contributed by atoms with Gasteiger partial charge in [0.1, 0.15) is 12.4 Å². The molecule has 1 atom stereocenters. The molecule has 0 bridgehead atoms. The first-order chi connectivity index (χ1) is 9.22. The molecule has 1 aromatic carbocycles. The van der Waals surface area contributed by atoms with Crippen LogP contribution in [0.1, 0.15) is 23.2 Å². The van der Waals surface area contributed by atoms with Gasteiger partial charge in [0.2, 0.25) is 0 Å². The summed E-state index contributed by atoms with van der Waals surface area (Å²) in [7, 11) is 3.02. The summed E-state index contributed by atoms with van der Waals surface area (Å²) in [5.41, 5.74) is 0.491. The summed E-state index contributed by atoms with van der Waals surface area (Å²) in [5.74, 6) is 0.331. The Bertz CT molecular complexity index is 429. The van der Waals surface area contributed by atoms with E-state index in [2.05, 4.69) is 0 Å². The van der Waals surface area contributed by atoms with E-state index in [4.69, 9.17) is 14.3 Å². The lowest BCUT2D eigenvalue weighted by atomic mass is 10.2. The van der Waals surface area contributed by atoms with Crippen molar-refractivity contribution < 1.29 is 19.1 Å². The van der Waals surface area contributed by atoms with Crippen molar-refractivity contribution in [3.8, 4) is 5.75 Å². The van der Waals surface area contributed by atoms with E-state index in [-0.39, 0.29) is 12.0 Å². The first-order valence-electron chi connectivity index (χ1n) is 6.38. The van der Waals surface area contributed by atoms with Gasteiger partial charge in [-0.25, -0.2) is 5.06 Å². The molecule has 1 aromatic rings. The van der Waals surface area contributed by atoms with E-state index in [9.17, 15) is 4.79 Å². The molecule has 0 saturated carbocycles. The standard InChI is InChI=1S/C14H19NO4/c1-15(17-2)14(16)12-7-3-4-8-13(12)19-10-11-6-5-9-18-11/h3-4,7-8,11H,5-6,9-10H2,1-2H3. The van der Waals surface area contributed by atoms with Gasteiger partial charge in [-0.2, -0.15) is 0 Å². The van der Waals surface area contributed by atoms with Gasteiger partial charge in [-0.15, -0.1) is 0 Å². The quantitative estimate of drug-likeness (QED) is 0.763. The zero-order chi connectivity index (χ0) is 13.7.